The number of benzene rings is 4. The first-order valence-corrected chi connectivity index (χ1v) is 15.7. The molecular formula is C38H38F3N3O5. The number of carboxylic acids is 1. The number of hydrogen-bond donors (Lipinski definition) is 2. The summed E-state index contributed by atoms with van der Waals surface area (Å²) in [6.45, 7) is 4.05. The Labute approximate surface area is 283 Å². The van der Waals surface area contributed by atoms with Gasteiger partial charge in [0, 0.05) is 32.7 Å². The van der Waals surface area contributed by atoms with Crippen molar-refractivity contribution in [2.45, 2.75) is 38.3 Å². The van der Waals surface area contributed by atoms with E-state index in [1.165, 1.54) is 60.3 Å². The summed E-state index contributed by atoms with van der Waals surface area (Å²) in [4.78, 5) is 57.4. The van der Waals surface area contributed by atoms with Crippen LogP contribution in [0.15, 0.2) is 97.1 Å². The first kappa shape index (κ1) is 36.4. The summed E-state index contributed by atoms with van der Waals surface area (Å²) < 4.78 is 39.5. The molecule has 0 aliphatic heterocycles. The average molecular weight is 674 g/mol. The summed E-state index contributed by atoms with van der Waals surface area (Å²) in [6, 6.07) is 24.1. The Morgan fingerprint density at radius 1 is 0.755 bits per heavy atom. The number of nitrogens with zero attached hydrogens (tertiary/aromatic N) is 2. The number of carbonyl (C=O) groups excluding carboxylic acids is 3. The van der Waals surface area contributed by atoms with E-state index in [1.807, 2.05) is 30.3 Å². The standard InChI is InChI=1S/C38H38F3N3O5/c1-5-44(6-2)35(47)37(36(48)49,23-22-25-12-8-7-9-13-25)28-20-21-32(31(24-28)34(46)43(3)4)42-33(45)30-15-11-10-14-29(30)26-16-18-27(19-17-26)38(39,40)41/h7-21,24H,5-6,22-23H2,1-4H3,(H,42,45)(H,48,49). The monoisotopic (exact) mass is 673 g/mol. The predicted molar refractivity (Wildman–Crippen MR) is 181 cm³/mol. The quantitative estimate of drug-likeness (QED) is 0.155. The van der Waals surface area contributed by atoms with E-state index in [0.717, 1.165) is 17.7 Å². The summed E-state index contributed by atoms with van der Waals surface area (Å²) in [7, 11) is 3.00. The molecule has 11 heteroatoms. The fourth-order valence-electron chi connectivity index (χ4n) is 5.75. The van der Waals surface area contributed by atoms with Crippen molar-refractivity contribution in [3.63, 3.8) is 0 Å². The highest BCUT2D eigenvalue weighted by molar-refractivity contribution is 6.13. The van der Waals surface area contributed by atoms with Gasteiger partial charge in [0.15, 0.2) is 5.41 Å². The molecule has 3 amide bonds. The van der Waals surface area contributed by atoms with Crippen LogP contribution in [0.5, 0.6) is 0 Å². The molecule has 0 aromatic heterocycles. The largest absolute Gasteiger partial charge is 0.480 e. The van der Waals surface area contributed by atoms with E-state index < -0.39 is 40.8 Å². The van der Waals surface area contributed by atoms with E-state index in [4.69, 9.17) is 0 Å². The van der Waals surface area contributed by atoms with E-state index in [0.29, 0.717) is 11.1 Å². The molecule has 4 rings (SSSR count). The number of aryl methyl sites for hydroxylation is 1. The second-order valence-corrected chi connectivity index (χ2v) is 11.7. The van der Waals surface area contributed by atoms with Crippen molar-refractivity contribution in [3.8, 4) is 11.1 Å². The molecule has 0 fully saturated rings. The first-order valence-electron chi connectivity index (χ1n) is 15.7. The molecule has 1 unspecified atom stereocenters. The molecule has 0 aliphatic carbocycles. The summed E-state index contributed by atoms with van der Waals surface area (Å²) in [6.07, 6.45) is -4.35. The van der Waals surface area contributed by atoms with Gasteiger partial charge >= 0.3 is 12.1 Å². The molecule has 4 aromatic carbocycles. The van der Waals surface area contributed by atoms with Crippen LogP contribution >= 0.6 is 0 Å². The van der Waals surface area contributed by atoms with Gasteiger partial charge in [-0.2, -0.15) is 13.2 Å². The number of anilines is 1. The molecular weight excluding hydrogens is 635 g/mol. The van der Waals surface area contributed by atoms with Crippen molar-refractivity contribution < 1.29 is 37.5 Å². The summed E-state index contributed by atoms with van der Waals surface area (Å²) >= 11 is 0. The number of rotatable bonds is 12. The third-order valence-corrected chi connectivity index (χ3v) is 8.50. The molecule has 0 radical (unpaired) electrons. The second kappa shape index (κ2) is 15.2. The number of carbonyl (C=O) groups is 4. The summed E-state index contributed by atoms with van der Waals surface area (Å²) in [5.41, 5.74) is -1.07. The van der Waals surface area contributed by atoms with Gasteiger partial charge in [-0.05, 0) is 79.3 Å². The SMILES string of the molecule is CCN(CC)C(=O)C(CCc1ccccc1)(C(=O)O)c1ccc(NC(=O)c2ccccc2-c2ccc(C(F)(F)F)cc2)c(C(=O)N(C)C)c1. The molecule has 0 heterocycles. The molecule has 0 aliphatic rings. The molecule has 256 valence electrons. The van der Waals surface area contributed by atoms with Crippen molar-refractivity contribution in [1.82, 2.24) is 9.80 Å². The van der Waals surface area contributed by atoms with Crippen molar-refractivity contribution in [2.75, 3.05) is 32.5 Å². The number of halogens is 3. The normalized spacial score (nSPS) is 12.5. The Hall–Kier alpha value is -5.45. The zero-order valence-corrected chi connectivity index (χ0v) is 27.7. The zero-order chi connectivity index (χ0) is 35.9. The van der Waals surface area contributed by atoms with Crippen LogP contribution in [0.1, 0.15) is 57.7 Å². The maximum absolute atomic E-state index is 14.1. The lowest BCUT2D eigenvalue weighted by Gasteiger charge is -2.34. The maximum atomic E-state index is 14.1. The summed E-state index contributed by atoms with van der Waals surface area (Å²) in [5, 5.41) is 13.5. The molecule has 2 N–H and O–H groups in total. The van der Waals surface area contributed by atoms with Crippen LogP contribution in [0.3, 0.4) is 0 Å². The van der Waals surface area contributed by atoms with Gasteiger partial charge in [0.2, 0.25) is 5.91 Å². The van der Waals surface area contributed by atoms with Gasteiger partial charge in [-0.15, -0.1) is 0 Å². The van der Waals surface area contributed by atoms with Gasteiger partial charge in [0.1, 0.15) is 0 Å². The summed E-state index contributed by atoms with van der Waals surface area (Å²) in [5.74, 6) is -3.19. The molecule has 0 saturated heterocycles. The van der Waals surface area contributed by atoms with Crippen LogP contribution in [-0.4, -0.2) is 65.8 Å². The lowest BCUT2D eigenvalue weighted by atomic mass is 9.73. The fourth-order valence-corrected chi connectivity index (χ4v) is 5.75. The van der Waals surface area contributed by atoms with Crippen molar-refractivity contribution in [2.24, 2.45) is 0 Å². The Bertz CT molecular complexity index is 1820. The van der Waals surface area contributed by atoms with Crippen LogP contribution in [0.2, 0.25) is 0 Å². The van der Waals surface area contributed by atoms with Crippen molar-refractivity contribution >= 4 is 29.4 Å². The first-order chi connectivity index (χ1) is 23.2. The van der Waals surface area contributed by atoms with Crippen LogP contribution in [0.4, 0.5) is 18.9 Å². The lowest BCUT2D eigenvalue weighted by molar-refractivity contribution is -0.154. The molecule has 0 bridgehead atoms. The van der Waals surface area contributed by atoms with Crippen LogP contribution in [0, 0.1) is 0 Å². The molecule has 1 atom stereocenters. The number of nitrogens with one attached hydrogen (secondary N) is 1. The maximum Gasteiger partial charge on any atom is 0.416 e. The predicted octanol–water partition coefficient (Wildman–Crippen LogP) is 7.15. The smallest absolute Gasteiger partial charge is 0.416 e. The van der Waals surface area contributed by atoms with Crippen LogP contribution in [0.25, 0.3) is 11.1 Å². The molecule has 49 heavy (non-hydrogen) atoms. The highest BCUT2D eigenvalue weighted by Gasteiger charge is 2.49. The number of likely N-dealkylation sites (N-methyl/N-ethyl adjacent to an activating group) is 1. The van der Waals surface area contributed by atoms with Crippen LogP contribution < -0.4 is 5.32 Å². The van der Waals surface area contributed by atoms with E-state index in [-0.39, 0.29) is 48.3 Å². The zero-order valence-electron chi connectivity index (χ0n) is 27.7. The minimum atomic E-state index is -4.52. The Morgan fingerprint density at radius 2 is 1.35 bits per heavy atom. The minimum absolute atomic E-state index is 0.0412. The van der Waals surface area contributed by atoms with E-state index in [9.17, 15) is 37.5 Å². The minimum Gasteiger partial charge on any atom is -0.480 e. The van der Waals surface area contributed by atoms with E-state index in [1.54, 1.807) is 32.0 Å². The van der Waals surface area contributed by atoms with E-state index in [2.05, 4.69) is 5.32 Å². The Morgan fingerprint density at radius 3 is 1.92 bits per heavy atom. The highest BCUT2D eigenvalue weighted by Crippen LogP contribution is 2.36. The topological polar surface area (TPSA) is 107 Å². The average Bonchev–Trinajstić information content (AvgIpc) is 3.09. The van der Waals surface area contributed by atoms with Crippen LogP contribution in [-0.2, 0) is 27.6 Å². The number of amides is 3. The van der Waals surface area contributed by atoms with Gasteiger partial charge in [0.05, 0.1) is 16.8 Å². The number of carboxylic acid groups (broad SMARTS) is 1. The highest BCUT2D eigenvalue weighted by atomic mass is 19.4. The van der Waals surface area contributed by atoms with Gasteiger partial charge in [-0.1, -0.05) is 66.7 Å². The Kier molecular flexibility index (Phi) is 11.3. The van der Waals surface area contributed by atoms with Crippen molar-refractivity contribution in [3.05, 3.63) is 125 Å². The molecule has 4 aromatic rings. The number of alkyl halides is 3. The Balaban J connectivity index is 1.81. The van der Waals surface area contributed by atoms with Crippen molar-refractivity contribution in [1.29, 1.82) is 0 Å². The number of hydrogen-bond acceptors (Lipinski definition) is 4. The third kappa shape index (κ3) is 7.83. The lowest BCUT2D eigenvalue weighted by Crippen LogP contribution is -2.52. The fraction of sp³-hybridized carbons (Fsp3) is 0.263. The van der Waals surface area contributed by atoms with Gasteiger partial charge < -0.3 is 20.2 Å². The molecule has 8 nitrogen and oxygen atoms in total. The molecule has 0 spiro atoms. The van der Waals surface area contributed by atoms with Gasteiger partial charge in [-0.25, -0.2) is 0 Å². The van der Waals surface area contributed by atoms with Gasteiger partial charge in [-0.3, -0.25) is 19.2 Å². The van der Waals surface area contributed by atoms with E-state index >= 15 is 0 Å². The third-order valence-electron chi connectivity index (χ3n) is 8.50. The van der Waals surface area contributed by atoms with Gasteiger partial charge in [0.25, 0.3) is 11.8 Å². The molecule has 0 saturated carbocycles. The second-order valence-electron chi connectivity index (χ2n) is 11.7. The number of aliphatic carboxylic acids is 1.